The number of nitrogens with zero attached hydrogens (tertiary/aromatic N) is 3. The first-order valence-corrected chi connectivity index (χ1v) is 7.97. The summed E-state index contributed by atoms with van der Waals surface area (Å²) in [6.45, 7) is 4.11. The van der Waals surface area contributed by atoms with Gasteiger partial charge in [0.15, 0.2) is 0 Å². The predicted octanol–water partition coefficient (Wildman–Crippen LogP) is 4.55. The normalized spacial score (nSPS) is 10.9. The molecule has 1 heterocycles. The van der Waals surface area contributed by atoms with Crippen LogP contribution in [-0.4, -0.2) is 15.0 Å². The van der Waals surface area contributed by atoms with Crippen LogP contribution in [0.25, 0.3) is 6.08 Å². The summed E-state index contributed by atoms with van der Waals surface area (Å²) in [5, 5.41) is 3.25. The zero-order valence-electron chi connectivity index (χ0n) is 13.9. The monoisotopic (exact) mass is 316 g/mol. The highest BCUT2D eigenvalue weighted by atomic mass is 15.1. The van der Waals surface area contributed by atoms with E-state index in [0.717, 1.165) is 11.5 Å². The van der Waals surface area contributed by atoms with Crippen LogP contribution in [0.2, 0.25) is 0 Å². The largest absolute Gasteiger partial charge is 0.324 e. The van der Waals surface area contributed by atoms with Crippen LogP contribution in [-0.2, 0) is 6.42 Å². The Morgan fingerprint density at radius 1 is 1.04 bits per heavy atom. The third-order valence-corrected chi connectivity index (χ3v) is 3.70. The number of rotatable bonds is 5. The smallest absolute Gasteiger partial charge is 0.230 e. The summed E-state index contributed by atoms with van der Waals surface area (Å²) < 4.78 is 0. The van der Waals surface area contributed by atoms with E-state index in [9.17, 15) is 0 Å². The van der Waals surface area contributed by atoms with Gasteiger partial charge in [0.1, 0.15) is 12.2 Å². The van der Waals surface area contributed by atoms with Crippen LogP contribution in [0.1, 0.15) is 29.4 Å². The number of anilines is 2. The zero-order valence-corrected chi connectivity index (χ0v) is 13.9. The van der Waals surface area contributed by atoms with Crippen LogP contribution in [0.3, 0.4) is 0 Å². The van der Waals surface area contributed by atoms with E-state index in [1.807, 2.05) is 37.3 Å². The van der Waals surface area contributed by atoms with Gasteiger partial charge in [-0.2, -0.15) is 4.98 Å². The molecule has 0 atom stereocenters. The van der Waals surface area contributed by atoms with Crippen molar-refractivity contribution in [2.24, 2.45) is 0 Å². The Kier molecular flexibility index (Phi) is 4.96. The third-order valence-electron chi connectivity index (χ3n) is 3.70. The fraction of sp³-hybridized carbons (Fsp3) is 0.150. The van der Waals surface area contributed by atoms with E-state index in [-0.39, 0.29) is 0 Å². The van der Waals surface area contributed by atoms with Crippen molar-refractivity contribution in [2.75, 3.05) is 5.32 Å². The first kappa shape index (κ1) is 15.9. The van der Waals surface area contributed by atoms with Crippen molar-refractivity contribution in [2.45, 2.75) is 20.3 Å². The van der Waals surface area contributed by atoms with E-state index < -0.39 is 0 Å². The first-order chi connectivity index (χ1) is 11.7. The van der Waals surface area contributed by atoms with E-state index in [2.05, 4.69) is 57.5 Å². The van der Waals surface area contributed by atoms with Crippen LogP contribution in [0.4, 0.5) is 11.6 Å². The van der Waals surface area contributed by atoms with Crippen molar-refractivity contribution < 1.29 is 0 Å². The lowest BCUT2D eigenvalue weighted by Gasteiger charge is -2.08. The maximum atomic E-state index is 4.50. The zero-order chi connectivity index (χ0) is 16.8. The highest BCUT2D eigenvalue weighted by molar-refractivity contribution is 5.61. The maximum Gasteiger partial charge on any atom is 0.230 e. The number of aromatic nitrogens is 3. The molecule has 0 aliphatic heterocycles. The van der Waals surface area contributed by atoms with E-state index in [0.29, 0.717) is 12.4 Å². The molecule has 0 fully saturated rings. The van der Waals surface area contributed by atoms with E-state index in [1.54, 1.807) is 6.33 Å². The molecule has 0 unspecified atom stereocenters. The van der Waals surface area contributed by atoms with Crippen molar-refractivity contribution in [1.29, 1.82) is 0 Å². The van der Waals surface area contributed by atoms with Gasteiger partial charge in [0.05, 0.1) is 0 Å². The molecule has 0 saturated heterocycles. The van der Waals surface area contributed by atoms with Crippen molar-refractivity contribution >= 4 is 17.7 Å². The molecule has 0 aliphatic carbocycles. The summed E-state index contributed by atoms with van der Waals surface area (Å²) in [6, 6.07) is 16.4. The highest BCUT2D eigenvalue weighted by Crippen LogP contribution is 2.19. The Hall–Kier alpha value is -3.01. The Balaban J connectivity index is 1.76. The molecular weight excluding hydrogens is 296 g/mol. The minimum absolute atomic E-state index is 0.564. The SMILES string of the molecule is C/C=C/c1ccc(Nc2ncnc(Cc3ccccc3)n2)cc1C. The maximum absolute atomic E-state index is 4.50. The van der Waals surface area contributed by atoms with Crippen LogP contribution >= 0.6 is 0 Å². The summed E-state index contributed by atoms with van der Waals surface area (Å²) in [5.74, 6) is 1.31. The standard InChI is InChI=1S/C20H20N4/c1-3-7-17-10-11-18(12-15(17)2)23-20-22-14-21-19(24-20)13-16-8-5-4-6-9-16/h3-12,14H,13H2,1-2H3,(H,21,22,23,24)/b7-3+. The highest BCUT2D eigenvalue weighted by Gasteiger charge is 2.04. The Bertz CT molecular complexity index is 841. The molecule has 0 saturated carbocycles. The molecule has 1 N–H and O–H groups in total. The predicted molar refractivity (Wildman–Crippen MR) is 98.2 cm³/mol. The number of hydrogen-bond donors (Lipinski definition) is 1. The number of benzene rings is 2. The molecular formula is C20H20N4. The number of hydrogen-bond acceptors (Lipinski definition) is 4. The van der Waals surface area contributed by atoms with E-state index in [1.165, 1.54) is 16.7 Å². The van der Waals surface area contributed by atoms with E-state index >= 15 is 0 Å². The Morgan fingerprint density at radius 2 is 1.88 bits per heavy atom. The second-order valence-electron chi connectivity index (χ2n) is 5.58. The molecule has 0 aliphatic rings. The van der Waals surface area contributed by atoms with Crippen molar-refractivity contribution in [3.05, 3.63) is 83.4 Å². The van der Waals surface area contributed by atoms with Gasteiger partial charge in [0.2, 0.25) is 5.95 Å². The van der Waals surface area contributed by atoms with Gasteiger partial charge in [-0.25, -0.2) is 9.97 Å². The van der Waals surface area contributed by atoms with Gasteiger partial charge in [0.25, 0.3) is 0 Å². The quantitative estimate of drug-likeness (QED) is 0.750. The van der Waals surface area contributed by atoms with E-state index in [4.69, 9.17) is 0 Å². The van der Waals surface area contributed by atoms with Crippen LogP contribution < -0.4 is 5.32 Å². The van der Waals surface area contributed by atoms with Gasteiger partial charge in [-0.15, -0.1) is 0 Å². The fourth-order valence-corrected chi connectivity index (χ4v) is 2.50. The summed E-state index contributed by atoms with van der Waals surface area (Å²) >= 11 is 0. The second kappa shape index (κ2) is 7.51. The lowest BCUT2D eigenvalue weighted by Crippen LogP contribution is -2.03. The lowest BCUT2D eigenvalue weighted by molar-refractivity contribution is 0.925. The summed E-state index contributed by atoms with van der Waals surface area (Å²) in [4.78, 5) is 13.0. The van der Waals surface area contributed by atoms with Crippen LogP contribution in [0, 0.1) is 6.92 Å². The van der Waals surface area contributed by atoms with Crippen molar-refractivity contribution in [3.63, 3.8) is 0 Å². The molecule has 4 nitrogen and oxygen atoms in total. The van der Waals surface area contributed by atoms with Gasteiger partial charge >= 0.3 is 0 Å². The van der Waals surface area contributed by atoms with Crippen LogP contribution in [0.15, 0.2) is 60.9 Å². The fourth-order valence-electron chi connectivity index (χ4n) is 2.50. The second-order valence-corrected chi connectivity index (χ2v) is 5.58. The molecule has 0 spiro atoms. The molecule has 1 aromatic heterocycles. The molecule has 0 amide bonds. The molecule has 24 heavy (non-hydrogen) atoms. The topological polar surface area (TPSA) is 50.7 Å². The molecule has 120 valence electrons. The van der Waals surface area contributed by atoms with Gasteiger partial charge < -0.3 is 5.32 Å². The molecule has 4 heteroatoms. The minimum atomic E-state index is 0.564. The minimum Gasteiger partial charge on any atom is -0.324 e. The molecule has 3 rings (SSSR count). The number of aryl methyl sites for hydroxylation is 1. The Labute approximate surface area is 142 Å². The van der Waals surface area contributed by atoms with Gasteiger partial charge in [-0.1, -0.05) is 48.6 Å². The van der Waals surface area contributed by atoms with Crippen molar-refractivity contribution in [3.8, 4) is 0 Å². The first-order valence-electron chi connectivity index (χ1n) is 7.97. The van der Waals surface area contributed by atoms with Gasteiger partial charge in [0, 0.05) is 12.1 Å². The summed E-state index contributed by atoms with van der Waals surface area (Å²) in [6.07, 6.45) is 6.38. The molecule has 2 aromatic carbocycles. The van der Waals surface area contributed by atoms with Gasteiger partial charge in [-0.05, 0) is 42.7 Å². The average molecular weight is 316 g/mol. The summed E-state index contributed by atoms with van der Waals surface area (Å²) in [7, 11) is 0. The number of allylic oxidation sites excluding steroid dienone is 1. The molecule has 0 bridgehead atoms. The molecule has 0 radical (unpaired) electrons. The third kappa shape index (κ3) is 4.04. The Morgan fingerprint density at radius 3 is 2.62 bits per heavy atom. The molecule has 3 aromatic rings. The summed E-state index contributed by atoms with van der Waals surface area (Å²) in [5.41, 5.74) is 4.57. The number of nitrogens with one attached hydrogen (secondary N) is 1. The van der Waals surface area contributed by atoms with Crippen LogP contribution in [0.5, 0.6) is 0 Å². The van der Waals surface area contributed by atoms with Gasteiger partial charge in [-0.3, -0.25) is 0 Å². The lowest BCUT2D eigenvalue weighted by atomic mass is 10.1. The average Bonchev–Trinajstić information content (AvgIpc) is 2.59. The van der Waals surface area contributed by atoms with Crippen molar-refractivity contribution in [1.82, 2.24) is 15.0 Å².